The zero-order valence-corrected chi connectivity index (χ0v) is 14.4. The highest BCUT2D eigenvalue weighted by Gasteiger charge is 2.38. The van der Waals surface area contributed by atoms with Gasteiger partial charge in [0.25, 0.3) is 0 Å². The molecule has 0 spiro atoms. The van der Waals surface area contributed by atoms with Gasteiger partial charge in [-0.2, -0.15) is 13.2 Å². The molecule has 0 aromatic heterocycles. The molecule has 0 fully saturated rings. The number of carbonyl (C=O) groups is 1. The molecule has 2 aromatic rings. The van der Waals surface area contributed by atoms with Crippen molar-refractivity contribution < 1.29 is 32.2 Å². The lowest BCUT2D eigenvalue weighted by molar-refractivity contribution is -0.138. The van der Waals surface area contributed by atoms with Crippen LogP contribution in [0.1, 0.15) is 24.5 Å². The van der Waals surface area contributed by atoms with Crippen LogP contribution >= 0.6 is 0 Å². The number of halogens is 4. The first-order chi connectivity index (χ1) is 12.7. The van der Waals surface area contributed by atoms with E-state index in [0.717, 1.165) is 12.1 Å². The summed E-state index contributed by atoms with van der Waals surface area (Å²) < 4.78 is 60.3. The third kappa shape index (κ3) is 3.99. The highest BCUT2D eigenvalue weighted by atomic mass is 19.4. The number of rotatable bonds is 3. The van der Waals surface area contributed by atoms with Crippen LogP contribution in [0.15, 0.2) is 30.3 Å². The summed E-state index contributed by atoms with van der Waals surface area (Å²) in [5, 5.41) is 12.4. The molecule has 2 aromatic carbocycles. The Hall–Kier alpha value is -2.77. The maximum absolute atomic E-state index is 14.1. The number of hydrogen-bond acceptors (Lipinski definition) is 3. The van der Waals surface area contributed by atoms with Gasteiger partial charge in [-0.3, -0.25) is 4.79 Å². The number of hydrogen-bond donors (Lipinski definition) is 2. The zero-order chi connectivity index (χ0) is 19.8. The average Bonchev–Trinajstić information content (AvgIpc) is 2.57. The molecule has 8 heteroatoms. The fraction of sp³-hybridized carbons (Fsp3) is 0.316. The van der Waals surface area contributed by atoms with E-state index >= 15 is 0 Å². The zero-order valence-electron chi connectivity index (χ0n) is 14.4. The fourth-order valence-electron chi connectivity index (χ4n) is 3.18. The number of fused-ring (bicyclic) bond motifs is 1. The quantitative estimate of drug-likeness (QED) is 0.787. The van der Waals surface area contributed by atoms with Gasteiger partial charge < -0.3 is 15.2 Å². The minimum Gasteiger partial charge on any atom is -0.507 e. The van der Waals surface area contributed by atoms with Crippen LogP contribution in [0.3, 0.4) is 0 Å². The third-order valence-corrected chi connectivity index (χ3v) is 4.35. The maximum atomic E-state index is 14.1. The molecule has 1 atom stereocenters. The predicted molar refractivity (Wildman–Crippen MR) is 89.9 cm³/mol. The van der Waals surface area contributed by atoms with E-state index in [1.807, 2.05) is 0 Å². The van der Waals surface area contributed by atoms with Gasteiger partial charge in [-0.1, -0.05) is 12.1 Å². The van der Waals surface area contributed by atoms with E-state index < -0.39 is 29.4 Å². The van der Waals surface area contributed by atoms with Crippen molar-refractivity contribution in [3.05, 3.63) is 47.3 Å². The molecule has 0 saturated carbocycles. The summed E-state index contributed by atoms with van der Waals surface area (Å²) in [6.07, 6.45) is -4.39. The molecule has 144 valence electrons. The Labute approximate surface area is 152 Å². The second kappa shape index (κ2) is 7.09. The smallest absolute Gasteiger partial charge is 0.420 e. The first-order valence-electron chi connectivity index (χ1n) is 8.30. The van der Waals surface area contributed by atoms with Crippen LogP contribution < -0.4 is 10.1 Å². The summed E-state index contributed by atoms with van der Waals surface area (Å²) in [5.74, 6) is -1.75. The summed E-state index contributed by atoms with van der Waals surface area (Å²) in [7, 11) is 0. The number of amides is 1. The highest BCUT2D eigenvalue weighted by molar-refractivity contribution is 5.77. The molecule has 0 unspecified atom stereocenters. The number of phenols is 1. The molecule has 1 amide bonds. The van der Waals surface area contributed by atoms with Crippen LogP contribution in [0.2, 0.25) is 0 Å². The van der Waals surface area contributed by atoms with Gasteiger partial charge in [-0.05, 0) is 36.6 Å². The van der Waals surface area contributed by atoms with Crippen molar-refractivity contribution >= 4 is 5.91 Å². The van der Waals surface area contributed by atoms with E-state index in [-0.39, 0.29) is 29.3 Å². The Morgan fingerprint density at radius 3 is 2.70 bits per heavy atom. The summed E-state index contributed by atoms with van der Waals surface area (Å²) in [5.41, 5.74) is -1.25. The van der Waals surface area contributed by atoms with Gasteiger partial charge in [-0.25, -0.2) is 4.39 Å². The Bertz CT molecular complexity index is 880. The molecule has 4 nitrogen and oxygen atoms in total. The summed E-state index contributed by atoms with van der Waals surface area (Å²) in [6.45, 7) is 1.54. The van der Waals surface area contributed by atoms with Crippen LogP contribution in [-0.4, -0.2) is 23.7 Å². The molecule has 3 rings (SSSR count). The van der Waals surface area contributed by atoms with Crippen molar-refractivity contribution in [2.24, 2.45) is 0 Å². The van der Waals surface area contributed by atoms with Crippen molar-refractivity contribution in [3.63, 3.8) is 0 Å². The molecule has 0 saturated heterocycles. The fourth-order valence-corrected chi connectivity index (χ4v) is 3.18. The highest BCUT2D eigenvalue weighted by Crippen LogP contribution is 2.46. The van der Waals surface area contributed by atoms with Crippen LogP contribution in [-0.2, 0) is 17.4 Å². The minimum absolute atomic E-state index is 0.0826. The molecule has 1 aliphatic heterocycles. The van der Waals surface area contributed by atoms with Gasteiger partial charge in [0, 0.05) is 18.1 Å². The second-order valence-electron chi connectivity index (χ2n) is 6.35. The number of phenolic OH excluding ortho intramolecular Hbond substituents is 1. The number of ether oxygens (including phenoxy) is 1. The summed E-state index contributed by atoms with van der Waals surface area (Å²) >= 11 is 0. The molecular formula is C19H17F4NO3. The Morgan fingerprint density at radius 1 is 1.30 bits per heavy atom. The molecule has 0 aliphatic carbocycles. The van der Waals surface area contributed by atoms with Gasteiger partial charge in [0.1, 0.15) is 29.0 Å². The number of aryl methyl sites for hydroxylation is 1. The van der Waals surface area contributed by atoms with Crippen molar-refractivity contribution in [1.29, 1.82) is 0 Å². The third-order valence-electron chi connectivity index (χ3n) is 4.35. The Morgan fingerprint density at radius 2 is 2.04 bits per heavy atom. The Balaban J connectivity index is 2.10. The molecular weight excluding hydrogens is 366 g/mol. The number of aromatic hydroxyl groups is 1. The lowest BCUT2D eigenvalue weighted by atomic mass is 9.92. The predicted octanol–water partition coefficient (Wildman–Crippen LogP) is 4.05. The first kappa shape index (κ1) is 19.0. The topological polar surface area (TPSA) is 58.6 Å². The first-order valence-corrected chi connectivity index (χ1v) is 8.30. The van der Waals surface area contributed by atoms with Crippen molar-refractivity contribution in [3.8, 4) is 22.6 Å². The van der Waals surface area contributed by atoms with E-state index in [9.17, 15) is 27.5 Å². The number of alkyl halides is 3. The maximum Gasteiger partial charge on any atom is 0.420 e. The van der Waals surface area contributed by atoms with E-state index in [2.05, 4.69) is 5.32 Å². The SMILES string of the molecule is CC(=O)NC[C@H]1CCc2cc(F)cc(-c3cccc(O)c3C(F)(F)F)c2O1. The van der Waals surface area contributed by atoms with Gasteiger partial charge >= 0.3 is 6.18 Å². The largest absolute Gasteiger partial charge is 0.507 e. The van der Waals surface area contributed by atoms with Crippen molar-refractivity contribution in [2.75, 3.05) is 6.54 Å². The standard InChI is InChI=1S/C19H17F4NO3/c1-10(25)24-9-13-6-5-11-7-12(20)8-15(18(11)27-13)14-3-2-4-16(26)17(14)19(21,22)23/h2-4,7-8,13,26H,5-6,9H2,1H3,(H,24,25)/t13-/m1/s1. The van der Waals surface area contributed by atoms with Gasteiger partial charge in [-0.15, -0.1) is 0 Å². The second-order valence-corrected chi connectivity index (χ2v) is 6.35. The average molecular weight is 383 g/mol. The van der Waals surface area contributed by atoms with Gasteiger partial charge in [0.2, 0.25) is 5.91 Å². The monoisotopic (exact) mass is 383 g/mol. The normalized spacial score (nSPS) is 16.4. The van der Waals surface area contributed by atoms with Crippen molar-refractivity contribution in [1.82, 2.24) is 5.32 Å². The van der Waals surface area contributed by atoms with E-state index in [4.69, 9.17) is 4.74 Å². The van der Waals surface area contributed by atoms with Crippen LogP contribution in [0.5, 0.6) is 11.5 Å². The van der Waals surface area contributed by atoms with E-state index in [1.165, 1.54) is 25.1 Å². The molecule has 27 heavy (non-hydrogen) atoms. The van der Waals surface area contributed by atoms with Crippen LogP contribution in [0, 0.1) is 5.82 Å². The minimum atomic E-state index is -4.83. The molecule has 0 bridgehead atoms. The lowest BCUT2D eigenvalue weighted by Crippen LogP contribution is -2.36. The summed E-state index contributed by atoms with van der Waals surface area (Å²) in [6, 6.07) is 5.54. The van der Waals surface area contributed by atoms with Gasteiger partial charge in [0.05, 0.1) is 6.54 Å². The molecule has 1 aliphatic rings. The molecule has 0 radical (unpaired) electrons. The Kier molecular flexibility index (Phi) is 4.99. The van der Waals surface area contributed by atoms with Crippen molar-refractivity contribution in [2.45, 2.75) is 32.0 Å². The number of benzene rings is 2. The van der Waals surface area contributed by atoms with E-state index in [0.29, 0.717) is 18.4 Å². The van der Waals surface area contributed by atoms with Crippen LogP contribution in [0.25, 0.3) is 11.1 Å². The number of carbonyl (C=O) groups excluding carboxylic acids is 1. The van der Waals surface area contributed by atoms with Crippen LogP contribution in [0.4, 0.5) is 17.6 Å². The lowest BCUT2D eigenvalue weighted by Gasteiger charge is -2.29. The van der Waals surface area contributed by atoms with E-state index in [1.54, 1.807) is 0 Å². The number of nitrogens with one attached hydrogen (secondary N) is 1. The molecule has 2 N–H and O–H groups in total. The summed E-state index contributed by atoms with van der Waals surface area (Å²) in [4.78, 5) is 11.1. The molecule has 1 heterocycles. The van der Waals surface area contributed by atoms with Gasteiger partial charge in [0.15, 0.2) is 0 Å².